The minimum atomic E-state index is -0.382. The Hall–Kier alpha value is -1.61. The normalized spacial score (nSPS) is 10.8. The van der Waals surface area contributed by atoms with Gasteiger partial charge in [0.15, 0.2) is 0 Å². The fourth-order valence-electron chi connectivity index (χ4n) is 2.47. The summed E-state index contributed by atoms with van der Waals surface area (Å²) in [5.41, 5.74) is 3.17. The van der Waals surface area contributed by atoms with Crippen LogP contribution in [0.4, 0.5) is 4.39 Å². The Balaban J connectivity index is 2.77. The molecule has 0 aliphatic rings. The molecule has 0 bridgehead atoms. The second kappa shape index (κ2) is 5.80. The number of benzene rings is 1. The van der Waals surface area contributed by atoms with Gasteiger partial charge in [0.1, 0.15) is 5.82 Å². The lowest BCUT2D eigenvalue weighted by Crippen LogP contribution is -2.22. The monoisotopic (exact) mass is 293 g/mol. The molecule has 0 radical (unpaired) electrons. The summed E-state index contributed by atoms with van der Waals surface area (Å²) in [4.78, 5) is 12.1. The molecule has 0 unspecified atom stereocenters. The average molecular weight is 294 g/mol. The predicted molar refractivity (Wildman–Crippen MR) is 80.8 cm³/mol. The molecule has 1 aromatic heterocycles. The average Bonchev–Trinajstić information content (AvgIpc) is 2.39. The highest BCUT2D eigenvalue weighted by atomic mass is 35.5. The number of aromatic nitrogens is 1. The lowest BCUT2D eigenvalue weighted by Gasteiger charge is -2.16. The summed E-state index contributed by atoms with van der Waals surface area (Å²) >= 11 is 6.14. The van der Waals surface area contributed by atoms with Crippen LogP contribution in [0.5, 0.6) is 0 Å². The van der Waals surface area contributed by atoms with Crippen LogP contribution in [0.3, 0.4) is 0 Å². The molecule has 0 saturated carbocycles. The van der Waals surface area contributed by atoms with E-state index in [0.717, 1.165) is 24.1 Å². The highest BCUT2D eigenvalue weighted by molar-refractivity contribution is 6.33. The topological polar surface area (TPSA) is 22.0 Å². The highest BCUT2D eigenvalue weighted by Gasteiger charge is 2.15. The molecule has 0 N–H and O–H groups in total. The van der Waals surface area contributed by atoms with Crippen LogP contribution in [0.1, 0.15) is 24.5 Å². The predicted octanol–water partition coefficient (Wildman–Crippen LogP) is 4.11. The van der Waals surface area contributed by atoms with Gasteiger partial charge in [-0.1, -0.05) is 24.9 Å². The van der Waals surface area contributed by atoms with Crippen molar-refractivity contribution in [2.24, 2.45) is 7.05 Å². The van der Waals surface area contributed by atoms with Crippen molar-refractivity contribution < 1.29 is 4.39 Å². The van der Waals surface area contributed by atoms with Gasteiger partial charge in [0.2, 0.25) is 0 Å². The van der Waals surface area contributed by atoms with Gasteiger partial charge in [-0.05, 0) is 43.2 Å². The van der Waals surface area contributed by atoms with Crippen LogP contribution >= 0.6 is 11.6 Å². The third kappa shape index (κ3) is 2.63. The third-order valence-electron chi connectivity index (χ3n) is 3.38. The van der Waals surface area contributed by atoms with Crippen molar-refractivity contribution in [1.29, 1.82) is 0 Å². The molecule has 0 aliphatic heterocycles. The molecular weight excluding hydrogens is 277 g/mol. The van der Waals surface area contributed by atoms with Gasteiger partial charge in [0.05, 0.1) is 10.7 Å². The first-order chi connectivity index (χ1) is 9.45. The summed E-state index contributed by atoms with van der Waals surface area (Å²) in [7, 11) is 1.73. The van der Waals surface area contributed by atoms with E-state index in [1.54, 1.807) is 24.6 Å². The lowest BCUT2D eigenvalue weighted by atomic mass is 10.00. The van der Waals surface area contributed by atoms with E-state index in [4.69, 9.17) is 11.6 Å². The van der Waals surface area contributed by atoms with Crippen LogP contribution < -0.4 is 5.56 Å². The molecule has 4 heteroatoms. The van der Waals surface area contributed by atoms with E-state index < -0.39 is 0 Å². The van der Waals surface area contributed by atoms with E-state index in [0.29, 0.717) is 16.1 Å². The molecule has 0 spiro atoms. The van der Waals surface area contributed by atoms with Crippen molar-refractivity contribution in [3.05, 3.63) is 56.6 Å². The van der Waals surface area contributed by atoms with Crippen molar-refractivity contribution in [2.75, 3.05) is 0 Å². The molecule has 106 valence electrons. The molecule has 1 heterocycles. The smallest absolute Gasteiger partial charge is 0.253 e. The van der Waals surface area contributed by atoms with Gasteiger partial charge in [-0.25, -0.2) is 4.39 Å². The van der Waals surface area contributed by atoms with E-state index in [1.165, 1.54) is 12.1 Å². The first-order valence-corrected chi connectivity index (χ1v) is 6.98. The van der Waals surface area contributed by atoms with Crippen LogP contribution in [-0.4, -0.2) is 4.57 Å². The van der Waals surface area contributed by atoms with Crippen LogP contribution in [0.25, 0.3) is 11.3 Å². The SMILES string of the molecule is CCCc1cc(C)c(=O)n(C)c1-c1ccc(F)cc1Cl. The van der Waals surface area contributed by atoms with Crippen molar-refractivity contribution >= 4 is 11.6 Å². The molecule has 2 rings (SSSR count). The largest absolute Gasteiger partial charge is 0.311 e. The maximum atomic E-state index is 13.2. The first kappa shape index (κ1) is 14.8. The minimum absolute atomic E-state index is 0.0553. The Morgan fingerprint density at radius 1 is 1.30 bits per heavy atom. The van der Waals surface area contributed by atoms with Crippen LogP contribution in [0.15, 0.2) is 29.1 Å². The summed E-state index contributed by atoms with van der Waals surface area (Å²) < 4.78 is 14.8. The van der Waals surface area contributed by atoms with Gasteiger partial charge < -0.3 is 4.57 Å². The van der Waals surface area contributed by atoms with Gasteiger partial charge in [-0.15, -0.1) is 0 Å². The molecule has 0 fully saturated rings. The van der Waals surface area contributed by atoms with E-state index in [1.807, 2.05) is 6.07 Å². The molecule has 1 aromatic carbocycles. The number of halogens is 2. The molecule has 20 heavy (non-hydrogen) atoms. The Morgan fingerprint density at radius 2 is 2.00 bits per heavy atom. The van der Waals surface area contributed by atoms with Gasteiger partial charge in [0, 0.05) is 18.2 Å². The number of hydrogen-bond acceptors (Lipinski definition) is 1. The maximum Gasteiger partial charge on any atom is 0.253 e. The maximum absolute atomic E-state index is 13.2. The van der Waals surface area contributed by atoms with Gasteiger partial charge >= 0.3 is 0 Å². The van der Waals surface area contributed by atoms with E-state index in [-0.39, 0.29) is 11.4 Å². The molecule has 0 atom stereocenters. The van der Waals surface area contributed by atoms with E-state index in [9.17, 15) is 9.18 Å². The lowest BCUT2D eigenvalue weighted by molar-refractivity contribution is 0.628. The Morgan fingerprint density at radius 3 is 2.60 bits per heavy atom. The Labute approximate surface area is 122 Å². The number of nitrogens with zero attached hydrogens (tertiary/aromatic N) is 1. The van der Waals surface area contributed by atoms with Gasteiger partial charge in [-0.2, -0.15) is 0 Å². The van der Waals surface area contributed by atoms with Crippen molar-refractivity contribution in [1.82, 2.24) is 4.57 Å². The molecule has 2 aromatic rings. The Kier molecular flexibility index (Phi) is 4.29. The van der Waals surface area contributed by atoms with Crippen molar-refractivity contribution in [2.45, 2.75) is 26.7 Å². The van der Waals surface area contributed by atoms with Crippen LogP contribution in [-0.2, 0) is 13.5 Å². The Bertz CT molecular complexity index is 706. The van der Waals surface area contributed by atoms with E-state index in [2.05, 4.69) is 6.92 Å². The fraction of sp³-hybridized carbons (Fsp3) is 0.312. The molecule has 2 nitrogen and oxygen atoms in total. The summed E-state index contributed by atoms with van der Waals surface area (Å²) in [6.07, 6.45) is 1.81. The van der Waals surface area contributed by atoms with E-state index >= 15 is 0 Å². The molecule has 0 saturated heterocycles. The highest BCUT2D eigenvalue weighted by Crippen LogP contribution is 2.31. The summed E-state index contributed by atoms with van der Waals surface area (Å²) in [5.74, 6) is -0.382. The number of aryl methyl sites for hydroxylation is 2. The summed E-state index contributed by atoms with van der Waals surface area (Å²) in [6, 6.07) is 6.17. The fourth-order valence-corrected chi connectivity index (χ4v) is 2.72. The molecular formula is C16H17ClFNO. The zero-order chi connectivity index (χ0) is 14.9. The molecule has 0 aliphatic carbocycles. The van der Waals surface area contributed by atoms with Crippen molar-refractivity contribution in [3.63, 3.8) is 0 Å². The number of rotatable bonds is 3. The standard InChI is InChI=1S/C16H17ClFNO/c1-4-5-11-8-10(2)16(20)19(3)15(11)13-7-6-12(18)9-14(13)17/h6-9H,4-5H2,1-3H3. The third-order valence-corrected chi connectivity index (χ3v) is 3.69. The van der Waals surface area contributed by atoms with Gasteiger partial charge in [0.25, 0.3) is 5.56 Å². The van der Waals surface area contributed by atoms with Crippen molar-refractivity contribution in [3.8, 4) is 11.3 Å². The number of pyridine rings is 1. The second-order valence-electron chi connectivity index (χ2n) is 4.94. The number of hydrogen-bond donors (Lipinski definition) is 0. The first-order valence-electron chi connectivity index (χ1n) is 6.60. The van der Waals surface area contributed by atoms with Gasteiger partial charge in [-0.3, -0.25) is 4.79 Å². The summed E-state index contributed by atoms with van der Waals surface area (Å²) in [6.45, 7) is 3.88. The van der Waals surface area contributed by atoms with Crippen LogP contribution in [0.2, 0.25) is 5.02 Å². The van der Waals surface area contributed by atoms with Crippen LogP contribution in [0, 0.1) is 12.7 Å². The quantitative estimate of drug-likeness (QED) is 0.835. The second-order valence-corrected chi connectivity index (χ2v) is 5.35. The molecule has 0 amide bonds. The zero-order valence-electron chi connectivity index (χ0n) is 11.8. The minimum Gasteiger partial charge on any atom is -0.311 e. The summed E-state index contributed by atoms with van der Waals surface area (Å²) in [5, 5.41) is 0.321. The zero-order valence-corrected chi connectivity index (χ0v) is 12.6.